The summed E-state index contributed by atoms with van der Waals surface area (Å²) in [6.07, 6.45) is 0.191. The minimum absolute atomic E-state index is 0.0237. The molecule has 0 aromatic heterocycles. The predicted molar refractivity (Wildman–Crippen MR) is 73.9 cm³/mol. The van der Waals surface area contributed by atoms with Gasteiger partial charge in [-0.15, -0.1) is 0 Å². The Labute approximate surface area is 116 Å². The van der Waals surface area contributed by atoms with Crippen LogP contribution in [-0.2, 0) is 11.2 Å². The minimum atomic E-state index is -0.311. The standard InChI is InChI=1S/C15H18BrFO/c1-14(2)13(15(14,3)4)12(18)7-9-5-6-10(16)8-11(9)17/h5-6,8,13H,7H2,1-4H3. The van der Waals surface area contributed by atoms with Gasteiger partial charge in [-0.1, -0.05) is 49.7 Å². The lowest BCUT2D eigenvalue weighted by Gasteiger charge is -2.04. The Morgan fingerprint density at radius 3 is 2.28 bits per heavy atom. The Balaban J connectivity index is 2.14. The van der Waals surface area contributed by atoms with Gasteiger partial charge in [0.1, 0.15) is 11.6 Å². The molecule has 0 amide bonds. The Morgan fingerprint density at radius 2 is 1.83 bits per heavy atom. The zero-order valence-corrected chi connectivity index (χ0v) is 12.8. The Bertz CT molecular complexity index is 491. The quantitative estimate of drug-likeness (QED) is 0.809. The molecule has 1 fully saturated rings. The van der Waals surface area contributed by atoms with Gasteiger partial charge in [-0.3, -0.25) is 4.79 Å². The van der Waals surface area contributed by atoms with Crippen molar-refractivity contribution in [2.75, 3.05) is 0 Å². The molecular formula is C15H18BrFO. The van der Waals surface area contributed by atoms with Crippen LogP contribution in [0, 0.1) is 22.6 Å². The number of carbonyl (C=O) groups excluding carboxylic acids is 1. The zero-order chi connectivity index (χ0) is 13.7. The Kier molecular flexibility index (Phi) is 3.17. The molecule has 1 aliphatic carbocycles. The molecule has 1 aromatic rings. The molecule has 0 atom stereocenters. The van der Waals surface area contributed by atoms with Crippen LogP contribution in [0.1, 0.15) is 33.3 Å². The van der Waals surface area contributed by atoms with Gasteiger partial charge in [0.2, 0.25) is 0 Å². The van der Waals surface area contributed by atoms with Gasteiger partial charge >= 0.3 is 0 Å². The topological polar surface area (TPSA) is 17.1 Å². The second kappa shape index (κ2) is 4.16. The van der Waals surface area contributed by atoms with E-state index < -0.39 is 0 Å². The van der Waals surface area contributed by atoms with Crippen LogP contribution in [0.2, 0.25) is 0 Å². The minimum Gasteiger partial charge on any atom is -0.299 e. The van der Waals surface area contributed by atoms with Gasteiger partial charge in [0.25, 0.3) is 0 Å². The van der Waals surface area contributed by atoms with Crippen molar-refractivity contribution in [1.29, 1.82) is 0 Å². The largest absolute Gasteiger partial charge is 0.299 e. The molecule has 0 bridgehead atoms. The zero-order valence-electron chi connectivity index (χ0n) is 11.2. The molecule has 98 valence electrons. The molecule has 0 radical (unpaired) electrons. The molecular weight excluding hydrogens is 295 g/mol. The van der Waals surface area contributed by atoms with Gasteiger partial charge in [0.15, 0.2) is 0 Å². The van der Waals surface area contributed by atoms with Crippen molar-refractivity contribution in [2.24, 2.45) is 16.7 Å². The third kappa shape index (κ3) is 2.03. The van der Waals surface area contributed by atoms with E-state index in [0.717, 1.165) is 0 Å². The second-order valence-electron chi connectivity index (χ2n) is 6.26. The monoisotopic (exact) mass is 312 g/mol. The van der Waals surface area contributed by atoms with Crippen LogP contribution in [0.5, 0.6) is 0 Å². The maximum atomic E-state index is 13.7. The van der Waals surface area contributed by atoms with Crippen molar-refractivity contribution >= 4 is 21.7 Å². The summed E-state index contributed by atoms with van der Waals surface area (Å²) in [5, 5.41) is 0. The lowest BCUT2D eigenvalue weighted by molar-refractivity contribution is -0.120. The van der Waals surface area contributed by atoms with Crippen LogP contribution in [0.25, 0.3) is 0 Å². The normalized spacial score (nSPS) is 20.8. The number of rotatable bonds is 3. The van der Waals surface area contributed by atoms with E-state index in [4.69, 9.17) is 0 Å². The molecule has 3 heteroatoms. The van der Waals surface area contributed by atoms with E-state index in [0.29, 0.717) is 10.0 Å². The van der Waals surface area contributed by atoms with Crippen LogP contribution >= 0.6 is 15.9 Å². The maximum absolute atomic E-state index is 13.7. The molecule has 18 heavy (non-hydrogen) atoms. The fraction of sp³-hybridized carbons (Fsp3) is 0.533. The summed E-state index contributed by atoms with van der Waals surface area (Å²) in [4.78, 5) is 12.3. The van der Waals surface area contributed by atoms with Crippen LogP contribution in [0.3, 0.4) is 0 Å². The summed E-state index contributed by atoms with van der Waals surface area (Å²) < 4.78 is 14.4. The van der Waals surface area contributed by atoms with Crippen molar-refractivity contribution in [1.82, 2.24) is 0 Å². The highest BCUT2D eigenvalue weighted by atomic mass is 79.9. The summed E-state index contributed by atoms with van der Waals surface area (Å²) >= 11 is 3.22. The van der Waals surface area contributed by atoms with E-state index in [1.807, 2.05) is 0 Å². The molecule has 0 spiro atoms. The van der Waals surface area contributed by atoms with Gasteiger partial charge in [0, 0.05) is 16.8 Å². The van der Waals surface area contributed by atoms with E-state index in [-0.39, 0.29) is 34.8 Å². The van der Waals surface area contributed by atoms with Crippen LogP contribution in [0.4, 0.5) is 4.39 Å². The molecule has 2 rings (SSSR count). The van der Waals surface area contributed by atoms with Gasteiger partial charge in [-0.05, 0) is 28.5 Å². The summed E-state index contributed by atoms with van der Waals surface area (Å²) in [7, 11) is 0. The van der Waals surface area contributed by atoms with E-state index in [1.165, 1.54) is 6.07 Å². The van der Waals surface area contributed by atoms with E-state index >= 15 is 0 Å². The van der Waals surface area contributed by atoms with Crippen LogP contribution in [0.15, 0.2) is 22.7 Å². The predicted octanol–water partition coefficient (Wildman–Crippen LogP) is 4.38. The first kappa shape index (κ1) is 13.7. The highest BCUT2D eigenvalue weighted by molar-refractivity contribution is 9.10. The summed E-state index contributed by atoms with van der Waals surface area (Å²) in [5.41, 5.74) is 0.535. The first-order valence-electron chi connectivity index (χ1n) is 6.14. The molecule has 1 aliphatic rings. The number of halogens is 2. The van der Waals surface area contributed by atoms with Crippen molar-refractivity contribution in [3.8, 4) is 0 Å². The average Bonchev–Trinajstić information content (AvgIpc) is 2.62. The fourth-order valence-corrected chi connectivity index (χ4v) is 3.29. The van der Waals surface area contributed by atoms with Gasteiger partial charge in [-0.2, -0.15) is 0 Å². The summed E-state index contributed by atoms with van der Waals surface area (Å²) in [6.45, 7) is 8.42. The number of benzene rings is 1. The maximum Gasteiger partial charge on any atom is 0.141 e. The summed E-state index contributed by atoms with van der Waals surface area (Å²) in [6, 6.07) is 4.86. The van der Waals surface area contributed by atoms with Crippen molar-refractivity contribution < 1.29 is 9.18 Å². The van der Waals surface area contributed by atoms with E-state index in [9.17, 15) is 9.18 Å². The third-order valence-electron chi connectivity index (χ3n) is 4.72. The SMILES string of the molecule is CC1(C)C(C(=O)Cc2ccc(Br)cc2F)C1(C)C. The molecule has 0 aliphatic heterocycles. The van der Waals surface area contributed by atoms with Crippen molar-refractivity contribution in [3.63, 3.8) is 0 Å². The lowest BCUT2D eigenvalue weighted by Crippen LogP contribution is -2.11. The van der Waals surface area contributed by atoms with Crippen molar-refractivity contribution in [2.45, 2.75) is 34.1 Å². The lowest BCUT2D eigenvalue weighted by atomic mass is 10.0. The second-order valence-corrected chi connectivity index (χ2v) is 7.17. The summed E-state index contributed by atoms with van der Waals surface area (Å²) in [5.74, 6) is -0.131. The Hall–Kier alpha value is -0.700. The first-order chi connectivity index (χ1) is 8.18. The number of hydrogen-bond acceptors (Lipinski definition) is 1. The highest BCUT2D eigenvalue weighted by Crippen LogP contribution is 2.68. The van der Waals surface area contributed by atoms with E-state index in [1.54, 1.807) is 12.1 Å². The Morgan fingerprint density at radius 1 is 1.28 bits per heavy atom. The molecule has 0 heterocycles. The number of ketones is 1. The molecule has 1 nitrogen and oxygen atoms in total. The smallest absolute Gasteiger partial charge is 0.141 e. The van der Waals surface area contributed by atoms with Gasteiger partial charge < -0.3 is 0 Å². The molecule has 0 unspecified atom stereocenters. The highest BCUT2D eigenvalue weighted by Gasteiger charge is 2.67. The van der Waals surface area contributed by atoms with Crippen LogP contribution in [-0.4, -0.2) is 5.78 Å². The molecule has 0 N–H and O–H groups in total. The van der Waals surface area contributed by atoms with Crippen LogP contribution < -0.4 is 0 Å². The third-order valence-corrected chi connectivity index (χ3v) is 5.22. The van der Waals surface area contributed by atoms with Gasteiger partial charge in [0.05, 0.1) is 0 Å². The molecule has 0 saturated heterocycles. The average molecular weight is 313 g/mol. The molecule has 1 saturated carbocycles. The van der Waals surface area contributed by atoms with E-state index in [2.05, 4.69) is 43.6 Å². The fourth-order valence-electron chi connectivity index (χ4n) is 2.96. The first-order valence-corrected chi connectivity index (χ1v) is 6.94. The number of Topliss-reactive ketones (excluding diaryl/α,β-unsaturated/α-hetero) is 1. The molecule has 1 aromatic carbocycles. The van der Waals surface area contributed by atoms with Crippen molar-refractivity contribution in [3.05, 3.63) is 34.1 Å². The van der Waals surface area contributed by atoms with Gasteiger partial charge in [-0.25, -0.2) is 4.39 Å². The number of carbonyl (C=O) groups is 1. The number of hydrogen-bond donors (Lipinski definition) is 0.